The van der Waals surface area contributed by atoms with Gasteiger partial charge in [-0.25, -0.2) is 0 Å². The molecular weight excluding hydrogens is 264 g/mol. The standard InChI is InChI=1S/C16H22N4O/c1-4-7-18-15-13-6-5-12(8-14(13)19-16(15)21)20(3)10-11(2)9-17/h5-6,8,11,15,18H,4,7,10H2,1-3H3,(H,19,21). The molecule has 5 heteroatoms. The minimum Gasteiger partial charge on any atom is -0.373 e. The van der Waals surface area contributed by atoms with E-state index in [9.17, 15) is 4.79 Å². The maximum Gasteiger partial charge on any atom is 0.246 e. The van der Waals surface area contributed by atoms with Crippen molar-refractivity contribution < 1.29 is 4.79 Å². The molecule has 0 fully saturated rings. The van der Waals surface area contributed by atoms with Crippen molar-refractivity contribution in [2.24, 2.45) is 5.92 Å². The van der Waals surface area contributed by atoms with Crippen LogP contribution >= 0.6 is 0 Å². The second kappa shape index (κ2) is 6.59. The average Bonchev–Trinajstić information content (AvgIpc) is 2.79. The Morgan fingerprint density at radius 1 is 1.52 bits per heavy atom. The van der Waals surface area contributed by atoms with Gasteiger partial charge in [-0.3, -0.25) is 4.79 Å². The molecule has 0 bridgehead atoms. The lowest BCUT2D eigenvalue weighted by Gasteiger charge is -2.21. The summed E-state index contributed by atoms with van der Waals surface area (Å²) in [5, 5.41) is 15.1. The molecule has 0 aliphatic carbocycles. The number of nitrogens with one attached hydrogen (secondary N) is 2. The summed E-state index contributed by atoms with van der Waals surface area (Å²) >= 11 is 0. The van der Waals surface area contributed by atoms with Crippen LogP contribution in [0.3, 0.4) is 0 Å². The van der Waals surface area contributed by atoms with Crippen LogP contribution in [0.5, 0.6) is 0 Å². The molecule has 2 rings (SSSR count). The highest BCUT2D eigenvalue weighted by molar-refractivity contribution is 6.03. The Morgan fingerprint density at radius 3 is 2.95 bits per heavy atom. The van der Waals surface area contributed by atoms with Crippen LogP contribution in [-0.4, -0.2) is 26.0 Å². The molecule has 112 valence electrons. The van der Waals surface area contributed by atoms with E-state index in [0.717, 1.165) is 29.9 Å². The number of fused-ring (bicyclic) bond motifs is 1. The summed E-state index contributed by atoms with van der Waals surface area (Å²) in [5.41, 5.74) is 2.87. The Kier molecular flexibility index (Phi) is 4.81. The van der Waals surface area contributed by atoms with Crippen molar-refractivity contribution in [1.82, 2.24) is 5.32 Å². The first kappa shape index (κ1) is 15.3. The molecule has 0 radical (unpaired) electrons. The minimum atomic E-state index is -0.252. The van der Waals surface area contributed by atoms with E-state index < -0.39 is 0 Å². The second-order valence-electron chi connectivity index (χ2n) is 5.56. The maximum atomic E-state index is 12.0. The molecule has 2 N–H and O–H groups in total. The number of anilines is 2. The molecule has 0 saturated heterocycles. The lowest BCUT2D eigenvalue weighted by molar-refractivity contribution is -0.117. The van der Waals surface area contributed by atoms with Crippen LogP contribution in [0, 0.1) is 17.2 Å². The quantitative estimate of drug-likeness (QED) is 0.842. The first-order valence-corrected chi connectivity index (χ1v) is 7.35. The van der Waals surface area contributed by atoms with Gasteiger partial charge in [0.2, 0.25) is 5.91 Å². The molecule has 1 aliphatic rings. The monoisotopic (exact) mass is 286 g/mol. The molecule has 1 aromatic rings. The summed E-state index contributed by atoms with van der Waals surface area (Å²) in [6.07, 6.45) is 0.992. The van der Waals surface area contributed by atoms with Crippen molar-refractivity contribution in [3.8, 4) is 6.07 Å². The van der Waals surface area contributed by atoms with Crippen LogP contribution in [0.4, 0.5) is 11.4 Å². The summed E-state index contributed by atoms with van der Waals surface area (Å²) < 4.78 is 0. The summed E-state index contributed by atoms with van der Waals surface area (Å²) in [6, 6.07) is 7.95. The number of nitrogens with zero attached hydrogens (tertiary/aromatic N) is 2. The van der Waals surface area contributed by atoms with E-state index in [4.69, 9.17) is 5.26 Å². The molecule has 0 saturated carbocycles. The number of rotatable bonds is 6. The van der Waals surface area contributed by atoms with Crippen LogP contribution < -0.4 is 15.5 Å². The van der Waals surface area contributed by atoms with Crippen molar-refractivity contribution in [3.05, 3.63) is 23.8 Å². The van der Waals surface area contributed by atoms with Crippen molar-refractivity contribution in [3.63, 3.8) is 0 Å². The normalized spacial score (nSPS) is 17.8. The van der Waals surface area contributed by atoms with E-state index in [-0.39, 0.29) is 17.9 Å². The molecule has 0 spiro atoms. The van der Waals surface area contributed by atoms with Gasteiger partial charge in [-0.1, -0.05) is 13.0 Å². The van der Waals surface area contributed by atoms with Crippen molar-refractivity contribution in [1.29, 1.82) is 5.26 Å². The third-order valence-corrected chi connectivity index (χ3v) is 3.68. The Labute approximate surface area is 125 Å². The molecule has 1 amide bonds. The molecule has 1 aromatic carbocycles. The van der Waals surface area contributed by atoms with Gasteiger partial charge in [0.05, 0.1) is 12.0 Å². The SMILES string of the molecule is CCCNC1C(=O)Nc2cc(N(C)CC(C)C#N)ccc21. The van der Waals surface area contributed by atoms with Crippen LogP contribution in [0.15, 0.2) is 18.2 Å². The third kappa shape index (κ3) is 3.34. The minimum absolute atomic E-state index is 0.00338. The Morgan fingerprint density at radius 2 is 2.29 bits per heavy atom. The predicted molar refractivity (Wildman–Crippen MR) is 84.2 cm³/mol. The fraction of sp³-hybridized carbons (Fsp3) is 0.500. The second-order valence-corrected chi connectivity index (χ2v) is 5.56. The summed E-state index contributed by atoms with van der Waals surface area (Å²) in [7, 11) is 1.96. The van der Waals surface area contributed by atoms with Gasteiger partial charge in [-0.05, 0) is 32.0 Å². The summed E-state index contributed by atoms with van der Waals surface area (Å²) in [6.45, 7) is 5.46. The van der Waals surface area contributed by atoms with E-state index in [1.807, 2.05) is 37.1 Å². The lowest BCUT2D eigenvalue weighted by atomic mass is 10.1. The van der Waals surface area contributed by atoms with Gasteiger partial charge < -0.3 is 15.5 Å². The van der Waals surface area contributed by atoms with Gasteiger partial charge in [-0.2, -0.15) is 5.26 Å². The zero-order valence-electron chi connectivity index (χ0n) is 12.8. The van der Waals surface area contributed by atoms with Gasteiger partial charge in [0, 0.05) is 30.5 Å². The van der Waals surface area contributed by atoms with E-state index in [2.05, 4.69) is 23.6 Å². The van der Waals surface area contributed by atoms with Gasteiger partial charge in [0.1, 0.15) is 6.04 Å². The molecule has 0 aromatic heterocycles. The van der Waals surface area contributed by atoms with Crippen molar-refractivity contribution >= 4 is 17.3 Å². The number of nitriles is 1. The predicted octanol–water partition coefficient (Wildman–Crippen LogP) is 2.28. The Balaban J connectivity index is 2.16. The van der Waals surface area contributed by atoms with Gasteiger partial charge >= 0.3 is 0 Å². The number of carbonyl (C=O) groups excluding carboxylic acids is 1. The zero-order valence-corrected chi connectivity index (χ0v) is 12.8. The van der Waals surface area contributed by atoms with Gasteiger partial charge in [0.25, 0.3) is 0 Å². The first-order chi connectivity index (χ1) is 10.1. The number of amides is 1. The van der Waals surface area contributed by atoms with Crippen LogP contribution in [0.25, 0.3) is 0 Å². The number of hydrogen-bond donors (Lipinski definition) is 2. The number of benzene rings is 1. The van der Waals surface area contributed by atoms with E-state index in [1.165, 1.54) is 0 Å². The fourth-order valence-electron chi connectivity index (χ4n) is 2.54. The largest absolute Gasteiger partial charge is 0.373 e. The highest BCUT2D eigenvalue weighted by Crippen LogP contribution is 2.33. The highest BCUT2D eigenvalue weighted by atomic mass is 16.2. The summed E-state index contributed by atoms with van der Waals surface area (Å²) in [4.78, 5) is 14.0. The maximum absolute atomic E-state index is 12.0. The lowest BCUT2D eigenvalue weighted by Crippen LogP contribution is -2.27. The van der Waals surface area contributed by atoms with Crippen LogP contribution in [0.2, 0.25) is 0 Å². The Bertz CT molecular complexity index is 564. The van der Waals surface area contributed by atoms with E-state index in [0.29, 0.717) is 6.54 Å². The Hall–Kier alpha value is -2.06. The molecule has 2 atom stereocenters. The molecule has 21 heavy (non-hydrogen) atoms. The average molecular weight is 286 g/mol. The molecular formula is C16H22N4O. The van der Waals surface area contributed by atoms with E-state index >= 15 is 0 Å². The zero-order chi connectivity index (χ0) is 15.4. The van der Waals surface area contributed by atoms with Gasteiger partial charge in [-0.15, -0.1) is 0 Å². The highest BCUT2D eigenvalue weighted by Gasteiger charge is 2.30. The fourth-order valence-corrected chi connectivity index (χ4v) is 2.54. The molecule has 1 aliphatic heterocycles. The number of carbonyl (C=O) groups is 1. The smallest absolute Gasteiger partial charge is 0.246 e. The first-order valence-electron chi connectivity index (χ1n) is 7.35. The summed E-state index contributed by atoms with van der Waals surface area (Å²) in [5.74, 6) is -0.0274. The number of hydrogen-bond acceptors (Lipinski definition) is 4. The topological polar surface area (TPSA) is 68.2 Å². The van der Waals surface area contributed by atoms with Crippen molar-refractivity contribution in [2.45, 2.75) is 26.3 Å². The van der Waals surface area contributed by atoms with Crippen LogP contribution in [-0.2, 0) is 4.79 Å². The molecule has 1 heterocycles. The third-order valence-electron chi connectivity index (χ3n) is 3.68. The molecule has 5 nitrogen and oxygen atoms in total. The molecule has 2 unspecified atom stereocenters. The van der Waals surface area contributed by atoms with Crippen molar-refractivity contribution in [2.75, 3.05) is 30.4 Å². The van der Waals surface area contributed by atoms with E-state index in [1.54, 1.807) is 0 Å². The van der Waals surface area contributed by atoms with Crippen LogP contribution in [0.1, 0.15) is 31.9 Å². The van der Waals surface area contributed by atoms with Gasteiger partial charge in [0.15, 0.2) is 0 Å².